The second kappa shape index (κ2) is 6.02. The predicted molar refractivity (Wildman–Crippen MR) is 80.9 cm³/mol. The van der Waals surface area contributed by atoms with Gasteiger partial charge in [0.1, 0.15) is 11.4 Å². The molecule has 1 aromatic rings. The number of rotatable bonds is 3. The smallest absolute Gasteiger partial charge is 0.227 e. The Morgan fingerprint density at radius 2 is 2.10 bits per heavy atom. The van der Waals surface area contributed by atoms with Crippen molar-refractivity contribution in [3.63, 3.8) is 0 Å². The number of carbonyl (C=O) groups is 1. The Kier molecular flexibility index (Phi) is 4.10. The van der Waals surface area contributed by atoms with Crippen LogP contribution < -0.4 is 15.8 Å². The van der Waals surface area contributed by atoms with Crippen molar-refractivity contribution < 1.29 is 9.53 Å². The lowest BCUT2D eigenvalue weighted by Crippen LogP contribution is -2.48. The van der Waals surface area contributed by atoms with Crippen LogP contribution in [0.4, 0.5) is 5.69 Å². The summed E-state index contributed by atoms with van der Waals surface area (Å²) in [5, 5.41) is 2.97. The van der Waals surface area contributed by atoms with Gasteiger partial charge >= 0.3 is 0 Å². The molecule has 2 fully saturated rings. The van der Waals surface area contributed by atoms with Gasteiger partial charge in [-0.25, -0.2) is 0 Å². The molecule has 2 aliphatic carbocycles. The van der Waals surface area contributed by atoms with E-state index in [-0.39, 0.29) is 17.9 Å². The van der Waals surface area contributed by atoms with Crippen molar-refractivity contribution in [3.8, 4) is 5.75 Å². The minimum atomic E-state index is 0.0602. The van der Waals surface area contributed by atoms with Gasteiger partial charge in [0.05, 0.1) is 13.3 Å². The first-order chi connectivity index (χ1) is 10.2. The molecule has 0 spiro atoms. The molecule has 1 amide bonds. The van der Waals surface area contributed by atoms with Crippen LogP contribution in [0, 0.1) is 17.8 Å². The van der Waals surface area contributed by atoms with E-state index in [9.17, 15) is 4.79 Å². The third kappa shape index (κ3) is 2.88. The number of aromatic nitrogens is 1. The van der Waals surface area contributed by atoms with E-state index in [1.54, 1.807) is 25.6 Å². The van der Waals surface area contributed by atoms with Gasteiger partial charge in [0.25, 0.3) is 0 Å². The van der Waals surface area contributed by atoms with Crippen LogP contribution in [-0.2, 0) is 4.79 Å². The first-order valence-corrected chi connectivity index (χ1v) is 7.73. The molecule has 2 aliphatic rings. The fraction of sp³-hybridized carbons (Fsp3) is 0.625. The van der Waals surface area contributed by atoms with Crippen molar-refractivity contribution in [3.05, 3.63) is 18.5 Å². The van der Waals surface area contributed by atoms with Crippen LogP contribution in [0.15, 0.2) is 18.5 Å². The fourth-order valence-electron chi connectivity index (χ4n) is 3.89. The number of nitrogens with zero attached hydrogens (tertiary/aromatic N) is 1. The number of methoxy groups -OCH3 is 1. The fourth-order valence-corrected chi connectivity index (χ4v) is 3.89. The van der Waals surface area contributed by atoms with E-state index in [1.165, 1.54) is 6.42 Å². The van der Waals surface area contributed by atoms with E-state index in [4.69, 9.17) is 10.5 Å². The van der Waals surface area contributed by atoms with Crippen molar-refractivity contribution in [1.29, 1.82) is 0 Å². The maximum absolute atomic E-state index is 12.5. The summed E-state index contributed by atoms with van der Waals surface area (Å²) in [5.41, 5.74) is 6.93. The van der Waals surface area contributed by atoms with Gasteiger partial charge in [-0.3, -0.25) is 9.78 Å². The molecule has 5 nitrogen and oxygen atoms in total. The summed E-state index contributed by atoms with van der Waals surface area (Å²) < 4.78 is 5.25. The molecule has 1 heterocycles. The molecule has 2 saturated carbocycles. The number of amides is 1. The van der Waals surface area contributed by atoms with Gasteiger partial charge < -0.3 is 15.8 Å². The third-order valence-corrected chi connectivity index (χ3v) is 5.04. The number of nitrogens with two attached hydrogens (primary N) is 1. The molecule has 0 radical (unpaired) electrons. The summed E-state index contributed by atoms with van der Waals surface area (Å²) in [7, 11) is 1.59. The SMILES string of the molecule is COc1ccncc1NC(=O)C1CC2CCCC(C1)C2N. The molecular formula is C16H23N3O2. The van der Waals surface area contributed by atoms with Crippen molar-refractivity contribution in [2.75, 3.05) is 12.4 Å². The molecule has 5 heteroatoms. The number of ether oxygens (including phenoxy) is 1. The molecule has 0 aromatic carbocycles. The van der Waals surface area contributed by atoms with Crippen molar-refractivity contribution in [2.24, 2.45) is 23.5 Å². The van der Waals surface area contributed by atoms with Crippen LogP contribution in [0.3, 0.4) is 0 Å². The summed E-state index contributed by atoms with van der Waals surface area (Å²) in [4.78, 5) is 16.6. The Morgan fingerprint density at radius 3 is 2.76 bits per heavy atom. The number of fused-ring (bicyclic) bond motifs is 2. The number of hydrogen-bond acceptors (Lipinski definition) is 4. The van der Waals surface area contributed by atoms with Crippen LogP contribution in [0.1, 0.15) is 32.1 Å². The highest BCUT2D eigenvalue weighted by Crippen LogP contribution is 2.42. The maximum Gasteiger partial charge on any atom is 0.227 e. The summed E-state index contributed by atoms with van der Waals surface area (Å²) >= 11 is 0. The van der Waals surface area contributed by atoms with Crippen LogP contribution >= 0.6 is 0 Å². The quantitative estimate of drug-likeness (QED) is 0.894. The zero-order valence-electron chi connectivity index (χ0n) is 12.4. The normalized spacial score (nSPS) is 31.5. The molecule has 2 bridgehead atoms. The highest BCUT2D eigenvalue weighted by molar-refractivity contribution is 5.93. The van der Waals surface area contributed by atoms with E-state index >= 15 is 0 Å². The largest absolute Gasteiger partial charge is 0.494 e. The van der Waals surface area contributed by atoms with Crippen molar-refractivity contribution in [1.82, 2.24) is 4.98 Å². The number of nitrogens with one attached hydrogen (secondary N) is 1. The summed E-state index contributed by atoms with van der Waals surface area (Å²) in [6.45, 7) is 0. The van der Waals surface area contributed by atoms with Gasteiger partial charge in [-0.1, -0.05) is 6.42 Å². The lowest BCUT2D eigenvalue weighted by molar-refractivity contribution is -0.122. The van der Waals surface area contributed by atoms with E-state index in [0.717, 1.165) is 25.7 Å². The van der Waals surface area contributed by atoms with Crippen LogP contribution in [-0.4, -0.2) is 24.0 Å². The summed E-state index contributed by atoms with van der Waals surface area (Å²) in [5.74, 6) is 1.79. The second-order valence-corrected chi connectivity index (χ2v) is 6.26. The highest BCUT2D eigenvalue weighted by atomic mass is 16.5. The zero-order valence-corrected chi connectivity index (χ0v) is 12.4. The van der Waals surface area contributed by atoms with E-state index in [0.29, 0.717) is 23.3 Å². The van der Waals surface area contributed by atoms with E-state index < -0.39 is 0 Å². The van der Waals surface area contributed by atoms with Crippen LogP contribution in [0.5, 0.6) is 5.75 Å². The molecule has 3 N–H and O–H groups in total. The van der Waals surface area contributed by atoms with E-state index in [1.807, 2.05) is 0 Å². The van der Waals surface area contributed by atoms with Crippen LogP contribution in [0.2, 0.25) is 0 Å². The molecule has 0 aliphatic heterocycles. The molecule has 114 valence electrons. The van der Waals surface area contributed by atoms with Crippen molar-refractivity contribution in [2.45, 2.75) is 38.1 Å². The van der Waals surface area contributed by atoms with Crippen molar-refractivity contribution >= 4 is 11.6 Å². The molecule has 2 atom stereocenters. The Morgan fingerprint density at radius 1 is 1.38 bits per heavy atom. The van der Waals surface area contributed by atoms with Gasteiger partial charge in [-0.15, -0.1) is 0 Å². The molecule has 21 heavy (non-hydrogen) atoms. The topological polar surface area (TPSA) is 77.2 Å². The first-order valence-electron chi connectivity index (χ1n) is 7.73. The minimum Gasteiger partial charge on any atom is -0.494 e. The van der Waals surface area contributed by atoms with Gasteiger partial charge in [0.2, 0.25) is 5.91 Å². The molecule has 3 rings (SSSR count). The average molecular weight is 289 g/mol. The Bertz CT molecular complexity index is 506. The first kappa shape index (κ1) is 14.3. The van der Waals surface area contributed by atoms with Gasteiger partial charge in [0.15, 0.2) is 0 Å². The number of pyridine rings is 1. The molecular weight excluding hydrogens is 266 g/mol. The van der Waals surface area contributed by atoms with E-state index in [2.05, 4.69) is 10.3 Å². The van der Waals surface area contributed by atoms with Gasteiger partial charge in [-0.2, -0.15) is 0 Å². The molecule has 1 aromatic heterocycles. The molecule has 0 saturated heterocycles. The predicted octanol–water partition coefficient (Wildman–Crippen LogP) is 2.18. The summed E-state index contributed by atoms with van der Waals surface area (Å²) in [6, 6.07) is 2.04. The number of anilines is 1. The Balaban J connectivity index is 1.68. The lowest BCUT2D eigenvalue weighted by atomic mass is 9.65. The summed E-state index contributed by atoms with van der Waals surface area (Å²) in [6.07, 6.45) is 8.69. The Hall–Kier alpha value is -1.62. The third-order valence-electron chi connectivity index (χ3n) is 5.04. The van der Waals surface area contributed by atoms with Gasteiger partial charge in [-0.05, 0) is 37.5 Å². The van der Waals surface area contributed by atoms with Gasteiger partial charge in [0, 0.05) is 24.2 Å². The Labute approximate surface area is 125 Å². The van der Waals surface area contributed by atoms with Crippen LogP contribution in [0.25, 0.3) is 0 Å². The number of hydrogen-bond donors (Lipinski definition) is 2. The second-order valence-electron chi connectivity index (χ2n) is 6.26. The standard InChI is InChI=1S/C16H23N3O2/c1-21-14-5-6-18-9-13(14)19-16(20)12-7-10-3-2-4-11(8-12)15(10)17/h5-6,9-12,15H,2-4,7-8,17H2,1H3,(H,19,20). The minimum absolute atomic E-state index is 0.0602. The number of carbonyl (C=O) groups excluding carboxylic acids is 1. The monoisotopic (exact) mass is 289 g/mol. The zero-order chi connectivity index (χ0) is 14.8. The lowest BCUT2D eigenvalue weighted by Gasteiger charge is -2.43. The maximum atomic E-state index is 12.5. The average Bonchev–Trinajstić information content (AvgIpc) is 2.47. The highest BCUT2D eigenvalue weighted by Gasteiger charge is 2.40. The molecule has 2 unspecified atom stereocenters.